The molecule has 3 nitrogen and oxygen atoms in total. The molecule has 0 radical (unpaired) electrons. The number of carbonyl (C=O) groups is 1. The van der Waals surface area contributed by atoms with Crippen LogP contribution in [0.5, 0.6) is 0 Å². The van der Waals surface area contributed by atoms with Crippen molar-refractivity contribution in [2.24, 2.45) is 0 Å². The first-order valence-electron chi connectivity index (χ1n) is 3.23. The maximum atomic E-state index is 10.9. The molecule has 1 atom stereocenters. The second kappa shape index (κ2) is 4.42. The highest BCUT2D eigenvalue weighted by atomic mass is 79.9. The molecule has 1 aromatic rings. The summed E-state index contributed by atoms with van der Waals surface area (Å²) in [6.07, 6.45) is 0. The minimum atomic E-state index is -0.487. The largest absolute Gasteiger partial charge is 0.279 e. The summed E-state index contributed by atoms with van der Waals surface area (Å²) in [5, 5.41) is 3.61. The van der Waals surface area contributed by atoms with Crippen molar-refractivity contribution >= 4 is 64.6 Å². The molecule has 0 aliphatic heterocycles. The molecule has 0 N–H and O–H groups in total. The molecular weight excluding hydrogens is 391 g/mol. The number of hydrogen-bond donors (Lipinski definition) is 0. The Labute approximate surface area is 105 Å². The Morgan fingerprint density at radius 1 is 1.54 bits per heavy atom. The molecule has 1 rings (SSSR count). The van der Waals surface area contributed by atoms with Gasteiger partial charge in [0.05, 0.1) is 4.47 Å². The summed E-state index contributed by atoms with van der Waals surface area (Å²) >= 11 is 15.1. The number of halogens is 4. The van der Waals surface area contributed by atoms with Crippen molar-refractivity contribution < 1.29 is 4.79 Å². The van der Waals surface area contributed by atoms with Crippen molar-refractivity contribution in [3.05, 3.63) is 13.7 Å². The average Bonchev–Trinajstić information content (AvgIpc) is 2.31. The quantitative estimate of drug-likeness (QED) is 0.719. The summed E-state index contributed by atoms with van der Waals surface area (Å²) in [4.78, 5) is 10.9. The average molecular weight is 395 g/mol. The van der Waals surface area contributed by atoms with E-state index >= 15 is 0 Å². The van der Waals surface area contributed by atoms with Gasteiger partial charge in [-0.05, 0) is 66.3 Å². The molecule has 0 saturated heterocycles. The van der Waals surface area contributed by atoms with Crippen LogP contribution in [0.1, 0.15) is 13.0 Å². The molecular formula is C6H4Br3ClN2O. The van der Waals surface area contributed by atoms with Gasteiger partial charge >= 0.3 is 0 Å². The maximum absolute atomic E-state index is 10.9. The SMILES string of the molecule is CC(C(=O)Cl)n1nc(Br)c(Br)c1Br. The Balaban J connectivity index is 3.15. The Bertz CT molecular complexity index is 352. The van der Waals surface area contributed by atoms with Gasteiger partial charge in [-0.15, -0.1) is 0 Å². The first-order chi connectivity index (χ1) is 5.95. The predicted molar refractivity (Wildman–Crippen MR) is 60.9 cm³/mol. The predicted octanol–water partition coefficient (Wildman–Crippen LogP) is 3.50. The minimum Gasteiger partial charge on any atom is -0.279 e. The van der Waals surface area contributed by atoms with Gasteiger partial charge in [0.15, 0.2) is 0 Å². The van der Waals surface area contributed by atoms with Crippen molar-refractivity contribution in [2.45, 2.75) is 13.0 Å². The van der Waals surface area contributed by atoms with E-state index in [2.05, 4.69) is 52.9 Å². The molecule has 1 aromatic heterocycles. The third kappa shape index (κ3) is 2.34. The molecule has 0 saturated carbocycles. The summed E-state index contributed by atoms with van der Waals surface area (Å²) in [7, 11) is 0. The monoisotopic (exact) mass is 392 g/mol. The lowest BCUT2D eigenvalue weighted by Crippen LogP contribution is -2.13. The summed E-state index contributed by atoms with van der Waals surface area (Å²) in [5.41, 5.74) is 0. The molecule has 1 unspecified atom stereocenters. The lowest BCUT2D eigenvalue weighted by Gasteiger charge is -2.07. The zero-order chi connectivity index (χ0) is 10.2. The molecule has 0 aliphatic carbocycles. The van der Waals surface area contributed by atoms with E-state index in [-0.39, 0.29) is 0 Å². The smallest absolute Gasteiger partial charge is 0.246 e. The first-order valence-corrected chi connectivity index (χ1v) is 5.99. The van der Waals surface area contributed by atoms with E-state index in [0.717, 1.165) is 4.47 Å². The van der Waals surface area contributed by atoms with E-state index in [1.807, 2.05) is 0 Å². The zero-order valence-corrected chi connectivity index (χ0v) is 11.9. The van der Waals surface area contributed by atoms with E-state index < -0.39 is 11.3 Å². The van der Waals surface area contributed by atoms with Crippen molar-refractivity contribution in [1.82, 2.24) is 9.78 Å². The summed E-state index contributed by atoms with van der Waals surface area (Å²) in [5.74, 6) is 0. The summed E-state index contributed by atoms with van der Waals surface area (Å²) < 4.78 is 3.56. The molecule has 13 heavy (non-hydrogen) atoms. The van der Waals surface area contributed by atoms with Crippen LogP contribution < -0.4 is 0 Å². The van der Waals surface area contributed by atoms with Gasteiger partial charge in [0.2, 0.25) is 5.24 Å². The van der Waals surface area contributed by atoms with Gasteiger partial charge in [0.1, 0.15) is 15.2 Å². The van der Waals surface area contributed by atoms with Gasteiger partial charge in [0.25, 0.3) is 0 Å². The third-order valence-electron chi connectivity index (χ3n) is 1.45. The molecule has 0 fully saturated rings. The molecule has 0 aromatic carbocycles. The summed E-state index contributed by atoms with van der Waals surface area (Å²) in [6.45, 7) is 1.67. The first kappa shape index (κ1) is 11.7. The molecule has 7 heteroatoms. The Morgan fingerprint density at radius 3 is 2.38 bits per heavy atom. The van der Waals surface area contributed by atoms with Crippen LogP contribution in [0.2, 0.25) is 0 Å². The van der Waals surface area contributed by atoms with Gasteiger partial charge in [-0.1, -0.05) is 0 Å². The maximum Gasteiger partial charge on any atom is 0.246 e. The van der Waals surface area contributed by atoms with E-state index in [4.69, 9.17) is 11.6 Å². The molecule has 1 heterocycles. The number of carbonyl (C=O) groups excluding carboxylic acids is 1. The molecule has 72 valence electrons. The Kier molecular flexibility index (Phi) is 3.97. The van der Waals surface area contributed by atoms with Crippen LogP contribution in [0.3, 0.4) is 0 Å². The van der Waals surface area contributed by atoms with Gasteiger partial charge in [-0.2, -0.15) is 5.10 Å². The molecule has 0 spiro atoms. The highest BCUT2D eigenvalue weighted by molar-refractivity contribution is 9.14. The van der Waals surface area contributed by atoms with Crippen molar-refractivity contribution in [3.63, 3.8) is 0 Å². The topological polar surface area (TPSA) is 34.9 Å². The fraction of sp³-hybridized carbons (Fsp3) is 0.333. The van der Waals surface area contributed by atoms with E-state index in [9.17, 15) is 4.79 Å². The number of aromatic nitrogens is 2. The summed E-state index contributed by atoms with van der Waals surface area (Å²) in [6, 6.07) is -0.487. The molecule has 0 amide bonds. The Morgan fingerprint density at radius 2 is 2.08 bits per heavy atom. The van der Waals surface area contributed by atoms with Crippen molar-refractivity contribution in [1.29, 1.82) is 0 Å². The number of rotatable bonds is 2. The van der Waals surface area contributed by atoms with Gasteiger partial charge < -0.3 is 0 Å². The lowest BCUT2D eigenvalue weighted by molar-refractivity contribution is -0.114. The van der Waals surface area contributed by atoms with Gasteiger partial charge in [-0.3, -0.25) is 4.79 Å². The molecule has 0 bridgehead atoms. The lowest BCUT2D eigenvalue weighted by atomic mass is 10.4. The van der Waals surface area contributed by atoms with Crippen LogP contribution in [-0.4, -0.2) is 15.0 Å². The highest BCUT2D eigenvalue weighted by Gasteiger charge is 2.19. The van der Waals surface area contributed by atoms with Gasteiger partial charge in [0, 0.05) is 0 Å². The van der Waals surface area contributed by atoms with E-state index in [1.165, 1.54) is 4.68 Å². The zero-order valence-electron chi connectivity index (χ0n) is 6.39. The normalized spacial score (nSPS) is 13.0. The molecule has 0 aliphatic rings. The number of hydrogen-bond acceptors (Lipinski definition) is 2. The van der Waals surface area contributed by atoms with Crippen LogP contribution in [0.4, 0.5) is 0 Å². The van der Waals surface area contributed by atoms with E-state index in [1.54, 1.807) is 6.92 Å². The second-order valence-electron chi connectivity index (χ2n) is 2.32. The fourth-order valence-electron chi connectivity index (χ4n) is 0.721. The Hall–Kier alpha value is 0.610. The van der Waals surface area contributed by atoms with Gasteiger partial charge in [-0.25, -0.2) is 4.68 Å². The van der Waals surface area contributed by atoms with E-state index in [0.29, 0.717) is 9.21 Å². The van der Waals surface area contributed by atoms with Crippen LogP contribution >= 0.6 is 59.4 Å². The fourth-order valence-corrected chi connectivity index (χ4v) is 2.27. The standard InChI is InChI=1S/C6H4Br3ClN2O/c1-2(6(10)13)12-5(9)3(7)4(8)11-12/h2H,1H3. The number of nitrogens with zero attached hydrogens (tertiary/aromatic N) is 2. The van der Waals surface area contributed by atoms with Crippen molar-refractivity contribution in [3.8, 4) is 0 Å². The second-order valence-corrected chi connectivity index (χ2v) is 4.99. The van der Waals surface area contributed by atoms with Crippen LogP contribution in [0, 0.1) is 0 Å². The van der Waals surface area contributed by atoms with Crippen LogP contribution in [-0.2, 0) is 4.79 Å². The van der Waals surface area contributed by atoms with Crippen LogP contribution in [0.25, 0.3) is 0 Å². The van der Waals surface area contributed by atoms with Crippen LogP contribution in [0.15, 0.2) is 13.7 Å². The van der Waals surface area contributed by atoms with Crippen molar-refractivity contribution in [2.75, 3.05) is 0 Å². The minimum absolute atomic E-state index is 0.455. The third-order valence-corrected chi connectivity index (χ3v) is 4.90. The highest BCUT2D eigenvalue weighted by Crippen LogP contribution is 2.32.